The fourth-order valence-electron chi connectivity index (χ4n) is 3.31. The molecule has 2 aromatic carbocycles. The van der Waals surface area contributed by atoms with Crippen LogP contribution in [0.4, 0.5) is 22.1 Å². The van der Waals surface area contributed by atoms with Crippen molar-refractivity contribution in [1.82, 2.24) is 15.0 Å². The van der Waals surface area contributed by atoms with E-state index in [1.807, 2.05) is 19.1 Å². The summed E-state index contributed by atoms with van der Waals surface area (Å²) in [5, 5.41) is 5.50. The molecule has 1 aliphatic rings. The number of rotatable bonds is 5. The van der Waals surface area contributed by atoms with E-state index in [1.54, 1.807) is 36.4 Å². The van der Waals surface area contributed by atoms with Crippen LogP contribution in [-0.2, 0) is 9.47 Å². The minimum absolute atomic E-state index is 0.404. The number of ether oxygens (including phenoxy) is 2. The van der Waals surface area contributed by atoms with Crippen LogP contribution in [0.5, 0.6) is 0 Å². The minimum Gasteiger partial charge on any atom is -0.465 e. The molecule has 2 heterocycles. The summed E-state index contributed by atoms with van der Waals surface area (Å²) in [6.07, 6.45) is 0. The first-order chi connectivity index (χ1) is 16.0. The van der Waals surface area contributed by atoms with Gasteiger partial charge in [-0.1, -0.05) is 0 Å². The number of nitrogens with one attached hydrogen (secondary N) is 2. The van der Waals surface area contributed by atoms with Gasteiger partial charge in [-0.05, 0) is 55.5 Å². The number of carbonyl (C=O) groups is 2. The lowest BCUT2D eigenvalue weighted by Crippen LogP contribution is -2.37. The van der Waals surface area contributed by atoms with Crippen LogP contribution in [0.15, 0.2) is 48.5 Å². The summed E-state index contributed by atoms with van der Waals surface area (Å²) >= 11 is 0. The molecule has 33 heavy (non-hydrogen) atoms. The van der Waals surface area contributed by atoms with Gasteiger partial charge in [-0.3, -0.25) is 0 Å². The lowest BCUT2D eigenvalue weighted by atomic mass is 10.2. The predicted octanol–water partition coefficient (Wildman–Crippen LogP) is 3.11. The largest absolute Gasteiger partial charge is 0.465 e. The van der Waals surface area contributed by atoms with Crippen LogP contribution >= 0.6 is 0 Å². The second-order valence-electron chi connectivity index (χ2n) is 7.33. The summed E-state index contributed by atoms with van der Waals surface area (Å²) in [6, 6.07) is 13.3. The van der Waals surface area contributed by atoms with Crippen molar-refractivity contribution in [1.29, 1.82) is 0 Å². The quantitative estimate of drug-likeness (QED) is 0.572. The van der Waals surface area contributed by atoms with E-state index >= 15 is 0 Å². The monoisotopic (exact) mass is 448 g/mol. The summed E-state index contributed by atoms with van der Waals surface area (Å²) in [5.41, 5.74) is 2.39. The summed E-state index contributed by atoms with van der Waals surface area (Å²) in [4.78, 5) is 39.4. The minimum atomic E-state index is -0.434. The fourth-order valence-corrected chi connectivity index (χ4v) is 3.31. The number of morpholine rings is 1. The Morgan fingerprint density at radius 3 is 2.12 bits per heavy atom. The van der Waals surface area contributed by atoms with Gasteiger partial charge in [0.2, 0.25) is 5.95 Å². The van der Waals surface area contributed by atoms with E-state index < -0.39 is 12.0 Å². The van der Waals surface area contributed by atoms with Gasteiger partial charge in [-0.2, -0.15) is 9.97 Å². The van der Waals surface area contributed by atoms with Crippen LogP contribution in [0, 0.1) is 6.92 Å². The van der Waals surface area contributed by atoms with E-state index in [1.165, 1.54) is 7.11 Å². The van der Waals surface area contributed by atoms with E-state index in [-0.39, 0.29) is 0 Å². The molecule has 2 amide bonds. The smallest absolute Gasteiger partial charge is 0.337 e. The summed E-state index contributed by atoms with van der Waals surface area (Å²) in [6.45, 7) is 4.63. The highest BCUT2D eigenvalue weighted by Crippen LogP contribution is 2.21. The van der Waals surface area contributed by atoms with Gasteiger partial charge in [0.1, 0.15) is 5.82 Å². The molecule has 10 heteroatoms. The molecule has 4 rings (SSSR count). The molecule has 0 atom stereocenters. The van der Waals surface area contributed by atoms with Gasteiger partial charge in [0.05, 0.1) is 25.9 Å². The highest BCUT2D eigenvalue weighted by atomic mass is 16.5. The summed E-state index contributed by atoms with van der Waals surface area (Å²) < 4.78 is 10.1. The van der Waals surface area contributed by atoms with Gasteiger partial charge in [0.25, 0.3) is 0 Å². The SMILES string of the molecule is COC(=O)c1ccc(NC(=O)Nc2ccc(-c3nc(C)nc(N4CCOCC4)n3)cc2)cc1. The molecule has 0 aliphatic carbocycles. The van der Waals surface area contributed by atoms with Gasteiger partial charge in [-0.25, -0.2) is 14.6 Å². The third-order valence-corrected chi connectivity index (χ3v) is 4.99. The molecule has 1 saturated heterocycles. The zero-order chi connectivity index (χ0) is 23.2. The zero-order valence-corrected chi connectivity index (χ0v) is 18.4. The first-order valence-corrected chi connectivity index (χ1v) is 10.4. The van der Waals surface area contributed by atoms with E-state index in [0.717, 1.165) is 18.7 Å². The molecule has 0 bridgehead atoms. The molecule has 1 aromatic heterocycles. The fraction of sp³-hybridized carbons (Fsp3) is 0.261. The van der Waals surface area contributed by atoms with Crippen molar-refractivity contribution >= 4 is 29.3 Å². The second-order valence-corrected chi connectivity index (χ2v) is 7.33. The van der Waals surface area contributed by atoms with Crippen LogP contribution in [0.1, 0.15) is 16.2 Å². The molecular weight excluding hydrogens is 424 g/mol. The first kappa shape index (κ1) is 22.2. The van der Waals surface area contributed by atoms with Crippen molar-refractivity contribution < 1.29 is 19.1 Å². The summed E-state index contributed by atoms with van der Waals surface area (Å²) in [7, 11) is 1.32. The molecule has 170 valence electrons. The Morgan fingerprint density at radius 2 is 1.52 bits per heavy atom. The number of methoxy groups -OCH3 is 1. The molecule has 3 aromatic rings. The Kier molecular flexibility index (Phi) is 6.75. The van der Waals surface area contributed by atoms with Gasteiger partial charge in [0, 0.05) is 30.0 Å². The number of esters is 1. The third kappa shape index (κ3) is 5.60. The molecule has 0 radical (unpaired) electrons. The normalized spacial score (nSPS) is 13.3. The van der Waals surface area contributed by atoms with Crippen LogP contribution in [0.25, 0.3) is 11.4 Å². The summed E-state index contributed by atoms with van der Waals surface area (Å²) in [5.74, 6) is 1.42. The van der Waals surface area contributed by atoms with Crippen molar-refractivity contribution in [2.75, 3.05) is 48.9 Å². The molecular formula is C23H24N6O4. The van der Waals surface area contributed by atoms with Crippen LogP contribution in [-0.4, -0.2) is 60.4 Å². The molecule has 0 unspecified atom stereocenters. The Hall–Kier alpha value is -4.05. The number of hydrogen-bond donors (Lipinski definition) is 2. The van der Waals surface area contributed by atoms with Gasteiger partial charge in [0.15, 0.2) is 5.82 Å². The standard InChI is InChI=1S/C23H24N6O4/c1-15-24-20(28-22(25-15)29-11-13-33-14-12-29)16-3-7-18(8-4-16)26-23(31)27-19-9-5-17(6-10-19)21(30)32-2/h3-10H,11-14H2,1-2H3,(H2,26,27,31). The lowest BCUT2D eigenvalue weighted by molar-refractivity contribution is 0.0600. The van der Waals surface area contributed by atoms with E-state index in [4.69, 9.17) is 4.74 Å². The Balaban J connectivity index is 1.40. The van der Waals surface area contributed by atoms with Crippen LogP contribution in [0.3, 0.4) is 0 Å². The lowest BCUT2D eigenvalue weighted by Gasteiger charge is -2.27. The third-order valence-electron chi connectivity index (χ3n) is 4.99. The van der Waals surface area contributed by atoms with E-state index in [9.17, 15) is 9.59 Å². The van der Waals surface area contributed by atoms with E-state index in [2.05, 4.69) is 35.2 Å². The Labute approximate surface area is 191 Å². The number of benzene rings is 2. The number of nitrogens with zero attached hydrogens (tertiary/aromatic N) is 4. The maximum Gasteiger partial charge on any atom is 0.337 e. The molecule has 0 spiro atoms. The number of aromatic nitrogens is 3. The highest BCUT2D eigenvalue weighted by molar-refractivity contribution is 6.00. The number of carbonyl (C=O) groups excluding carboxylic acids is 2. The van der Waals surface area contributed by atoms with Crippen molar-refractivity contribution in [3.8, 4) is 11.4 Å². The van der Waals surface area contributed by atoms with Gasteiger partial charge >= 0.3 is 12.0 Å². The Bertz CT molecular complexity index is 1130. The predicted molar refractivity (Wildman–Crippen MR) is 123 cm³/mol. The van der Waals surface area contributed by atoms with Crippen LogP contribution < -0.4 is 15.5 Å². The maximum absolute atomic E-state index is 12.3. The van der Waals surface area contributed by atoms with Gasteiger partial charge in [-0.15, -0.1) is 0 Å². The molecule has 1 aliphatic heterocycles. The van der Waals surface area contributed by atoms with Crippen molar-refractivity contribution in [3.05, 3.63) is 59.9 Å². The average Bonchev–Trinajstić information content (AvgIpc) is 2.84. The number of urea groups is 1. The highest BCUT2D eigenvalue weighted by Gasteiger charge is 2.16. The molecule has 0 saturated carbocycles. The van der Waals surface area contributed by atoms with Crippen molar-refractivity contribution in [2.24, 2.45) is 0 Å². The topological polar surface area (TPSA) is 119 Å². The second kappa shape index (κ2) is 10.0. The van der Waals surface area contributed by atoms with Gasteiger partial charge < -0.3 is 25.0 Å². The van der Waals surface area contributed by atoms with Crippen LogP contribution in [0.2, 0.25) is 0 Å². The number of amides is 2. The number of anilines is 3. The Morgan fingerprint density at radius 1 is 0.909 bits per heavy atom. The average molecular weight is 448 g/mol. The molecule has 10 nitrogen and oxygen atoms in total. The number of hydrogen-bond acceptors (Lipinski definition) is 8. The molecule has 2 N–H and O–H groups in total. The number of aryl methyl sites for hydroxylation is 1. The molecule has 1 fully saturated rings. The van der Waals surface area contributed by atoms with Crippen molar-refractivity contribution in [3.63, 3.8) is 0 Å². The van der Waals surface area contributed by atoms with E-state index in [0.29, 0.717) is 47.7 Å². The van der Waals surface area contributed by atoms with Crippen molar-refractivity contribution in [2.45, 2.75) is 6.92 Å². The first-order valence-electron chi connectivity index (χ1n) is 10.4. The maximum atomic E-state index is 12.3. The zero-order valence-electron chi connectivity index (χ0n) is 18.4.